The number of hydrogen-bond acceptors (Lipinski definition) is 3. The Morgan fingerprint density at radius 1 is 1.50 bits per heavy atom. The van der Waals surface area contributed by atoms with E-state index >= 15 is 0 Å². The van der Waals surface area contributed by atoms with Gasteiger partial charge >= 0.3 is 5.97 Å². The maximum Gasteiger partial charge on any atom is 0.337 e. The van der Waals surface area contributed by atoms with E-state index in [1.54, 1.807) is 0 Å². The number of benzene rings is 1. The van der Waals surface area contributed by atoms with Gasteiger partial charge in [-0.1, -0.05) is 13.3 Å². The van der Waals surface area contributed by atoms with E-state index in [4.69, 9.17) is 10.8 Å². The molecule has 0 aliphatic rings. The highest BCUT2D eigenvalue weighted by Gasteiger charge is 2.20. The lowest BCUT2D eigenvalue weighted by molar-refractivity contribution is 0.0698. The molecule has 4 N–H and O–H groups in total. The number of carbonyl (C=O) groups is 1. The van der Waals surface area contributed by atoms with Crippen LogP contribution >= 0.6 is 0 Å². The third kappa shape index (κ3) is 3.35. The van der Waals surface area contributed by atoms with Gasteiger partial charge in [0.25, 0.3) is 0 Å². The summed E-state index contributed by atoms with van der Waals surface area (Å²) < 4.78 is 13.7. The van der Waals surface area contributed by atoms with Gasteiger partial charge in [-0.25, -0.2) is 9.18 Å². The van der Waals surface area contributed by atoms with Crippen LogP contribution in [0.1, 0.15) is 44.0 Å². The lowest BCUT2D eigenvalue weighted by Crippen LogP contribution is -2.31. The monoisotopic (exact) mass is 254 g/mol. The molecule has 0 unspecified atom stereocenters. The number of carboxylic acid groups (broad SMARTS) is 1. The van der Waals surface area contributed by atoms with Crippen LogP contribution in [0.4, 0.5) is 15.8 Å². The minimum Gasteiger partial charge on any atom is -0.478 e. The third-order valence-electron chi connectivity index (χ3n) is 2.72. The Kier molecular flexibility index (Phi) is 4.16. The van der Waals surface area contributed by atoms with Crippen LogP contribution in [0.5, 0.6) is 0 Å². The zero-order valence-electron chi connectivity index (χ0n) is 10.9. The molecule has 0 saturated heterocycles. The van der Waals surface area contributed by atoms with Crippen molar-refractivity contribution in [2.45, 2.75) is 39.2 Å². The SMILES string of the molecule is CCCC(C)(C)Nc1cc(C(=O)O)c(N)cc1F. The summed E-state index contributed by atoms with van der Waals surface area (Å²) in [6.07, 6.45) is 1.79. The second kappa shape index (κ2) is 5.25. The van der Waals surface area contributed by atoms with E-state index in [9.17, 15) is 9.18 Å². The highest BCUT2D eigenvalue weighted by Crippen LogP contribution is 2.26. The molecule has 0 aliphatic carbocycles. The summed E-state index contributed by atoms with van der Waals surface area (Å²) >= 11 is 0. The zero-order chi connectivity index (χ0) is 13.9. The normalized spacial score (nSPS) is 11.3. The van der Waals surface area contributed by atoms with Crippen LogP contribution in [-0.4, -0.2) is 16.6 Å². The molecule has 4 nitrogen and oxygen atoms in total. The van der Waals surface area contributed by atoms with Crippen LogP contribution in [0.25, 0.3) is 0 Å². The largest absolute Gasteiger partial charge is 0.478 e. The zero-order valence-corrected chi connectivity index (χ0v) is 10.9. The molecule has 0 bridgehead atoms. The van der Waals surface area contributed by atoms with Crippen molar-refractivity contribution in [1.82, 2.24) is 0 Å². The van der Waals surface area contributed by atoms with Crippen LogP contribution in [-0.2, 0) is 0 Å². The highest BCUT2D eigenvalue weighted by molar-refractivity contribution is 5.94. The van der Waals surface area contributed by atoms with Gasteiger partial charge in [0.05, 0.1) is 11.3 Å². The molecule has 0 aromatic heterocycles. The minimum atomic E-state index is -1.16. The van der Waals surface area contributed by atoms with Gasteiger partial charge in [-0.15, -0.1) is 0 Å². The van der Waals surface area contributed by atoms with Gasteiger partial charge in [0, 0.05) is 11.2 Å². The van der Waals surface area contributed by atoms with Gasteiger partial charge < -0.3 is 16.2 Å². The lowest BCUT2D eigenvalue weighted by atomic mass is 9.98. The van der Waals surface area contributed by atoms with Gasteiger partial charge in [-0.05, 0) is 32.4 Å². The van der Waals surface area contributed by atoms with Crippen molar-refractivity contribution in [3.63, 3.8) is 0 Å². The topological polar surface area (TPSA) is 75.3 Å². The fourth-order valence-electron chi connectivity index (χ4n) is 1.92. The van der Waals surface area contributed by atoms with Crippen LogP contribution in [0.15, 0.2) is 12.1 Å². The summed E-state index contributed by atoms with van der Waals surface area (Å²) in [4.78, 5) is 10.9. The molecular weight excluding hydrogens is 235 g/mol. The van der Waals surface area contributed by atoms with Crippen LogP contribution in [0.3, 0.4) is 0 Å². The fraction of sp³-hybridized carbons (Fsp3) is 0.462. The fourth-order valence-corrected chi connectivity index (χ4v) is 1.92. The van der Waals surface area contributed by atoms with E-state index in [1.807, 2.05) is 20.8 Å². The molecule has 1 aromatic carbocycles. The molecule has 0 spiro atoms. The first kappa shape index (κ1) is 14.3. The van der Waals surface area contributed by atoms with E-state index in [0.717, 1.165) is 18.9 Å². The summed E-state index contributed by atoms with van der Waals surface area (Å²) in [6.45, 7) is 5.91. The quantitative estimate of drug-likeness (QED) is 0.706. The number of halogens is 1. The predicted octanol–water partition coefficient (Wildman–Crippen LogP) is 3.10. The molecule has 1 aromatic rings. The van der Waals surface area contributed by atoms with Crippen molar-refractivity contribution in [3.8, 4) is 0 Å². The maximum absolute atomic E-state index is 13.7. The Morgan fingerprint density at radius 2 is 2.11 bits per heavy atom. The van der Waals surface area contributed by atoms with Crippen molar-refractivity contribution in [2.75, 3.05) is 11.1 Å². The molecule has 5 heteroatoms. The molecule has 0 atom stereocenters. The van der Waals surface area contributed by atoms with Crippen molar-refractivity contribution in [1.29, 1.82) is 0 Å². The van der Waals surface area contributed by atoms with Crippen molar-refractivity contribution in [2.24, 2.45) is 0 Å². The second-order valence-corrected chi connectivity index (χ2v) is 4.98. The average molecular weight is 254 g/mol. The lowest BCUT2D eigenvalue weighted by Gasteiger charge is -2.27. The highest BCUT2D eigenvalue weighted by atomic mass is 19.1. The number of hydrogen-bond donors (Lipinski definition) is 3. The van der Waals surface area contributed by atoms with Gasteiger partial charge in [-0.3, -0.25) is 0 Å². The first-order chi connectivity index (χ1) is 8.26. The number of nitrogen functional groups attached to an aromatic ring is 1. The van der Waals surface area contributed by atoms with Gasteiger partial charge in [-0.2, -0.15) is 0 Å². The number of carboxylic acids is 1. The average Bonchev–Trinajstić information content (AvgIpc) is 2.21. The molecule has 1 rings (SSSR count). The van der Waals surface area contributed by atoms with Crippen molar-refractivity contribution < 1.29 is 14.3 Å². The molecule has 0 radical (unpaired) electrons. The van der Waals surface area contributed by atoms with Crippen molar-refractivity contribution >= 4 is 17.3 Å². The van der Waals surface area contributed by atoms with E-state index in [0.29, 0.717) is 0 Å². The minimum absolute atomic E-state index is 0.0705. The Hall–Kier alpha value is -1.78. The molecule has 0 heterocycles. The van der Waals surface area contributed by atoms with Gasteiger partial charge in [0.2, 0.25) is 0 Å². The standard InChI is InChI=1S/C13H19FN2O2/c1-4-5-13(2,3)16-11-6-8(12(17)18)10(15)7-9(11)14/h6-7,16H,4-5,15H2,1-3H3,(H,17,18). The molecule has 0 saturated carbocycles. The van der Waals surface area contributed by atoms with Crippen LogP contribution in [0.2, 0.25) is 0 Å². The number of aromatic carboxylic acids is 1. The van der Waals surface area contributed by atoms with E-state index in [-0.39, 0.29) is 22.5 Å². The summed E-state index contributed by atoms with van der Waals surface area (Å²) in [7, 11) is 0. The first-order valence-electron chi connectivity index (χ1n) is 5.87. The number of anilines is 2. The molecule has 0 fully saturated rings. The van der Waals surface area contributed by atoms with E-state index in [1.165, 1.54) is 6.07 Å². The number of rotatable bonds is 5. The number of nitrogens with one attached hydrogen (secondary N) is 1. The summed E-state index contributed by atoms with van der Waals surface area (Å²) in [6, 6.07) is 2.28. The molecule has 100 valence electrons. The van der Waals surface area contributed by atoms with Crippen molar-refractivity contribution in [3.05, 3.63) is 23.5 Å². The molecule has 0 amide bonds. The molecular formula is C13H19FN2O2. The third-order valence-corrected chi connectivity index (χ3v) is 2.72. The Bertz CT molecular complexity index is 459. The van der Waals surface area contributed by atoms with Gasteiger partial charge in [0.1, 0.15) is 5.82 Å². The first-order valence-corrected chi connectivity index (χ1v) is 5.87. The predicted molar refractivity (Wildman–Crippen MR) is 70.4 cm³/mol. The number of nitrogens with two attached hydrogens (primary N) is 1. The molecule has 18 heavy (non-hydrogen) atoms. The summed E-state index contributed by atoms with van der Waals surface area (Å²) in [5.41, 5.74) is 5.17. The Labute approximate surface area is 106 Å². The van der Waals surface area contributed by atoms with Crippen LogP contribution in [0, 0.1) is 5.82 Å². The van der Waals surface area contributed by atoms with E-state index < -0.39 is 11.8 Å². The van der Waals surface area contributed by atoms with Gasteiger partial charge in [0.15, 0.2) is 0 Å². The Morgan fingerprint density at radius 3 is 2.61 bits per heavy atom. The van der Waals surface area contributed by atoms with Crippen LogP contribution < -0.4 is 11.1 Å². The summed E-state index contributed by atoms with van der Waals surface area (Å²) in [5.74, 6) is -1.70. The smallest absolute Gasteiger partial charge is 0.337 e. The maximum atomic E-state index is 13.7. The summed E-state index contributed by atoms with van der Waals surface area (Å²) in [5, 5.41) is 12.0. The van der Waals surface area contributed by atoms with E-state index in [2.05, 4.69) is 5.32 Å². The molecule has 0 aliphatic heterocycles. The second-order valence-electron chi connectivity index (χ2n) is 4.98. The Balaban J connectivity index is 3.09.